The maximum Gasteiger partial charge on any atom is 0.119 e. The minimum absolute atomic E-state index is 0.526. The zero-order valence-electron chi connectivity index (χ0n) is 10.6. The highest BCUT2D eigenvalue weighted by atomic mass is 32.1. The minimum atomic E-state index is 0.526. The van der Waals surface area contributed by atoms with Crippen molar-refractivity contribution in [2.24, 2.45) is 5.73 Å². The Kier molecular flexibility index (Phi) is 4.96. The first-order valence-electron chi connectivity index (χ1n) is 6.46. The molecular formula is C14H20N2OS. The number of rotatable bonds is 6. The van der Waals surface area contributed by atoms with E-state index < -0.39 is 0 Å². The number of ether oxygens (including phenoxy) is 1. The number of nitrogens with two attached hydrogens (primary N) is 1. The zero-order valence-corrected chi connectivity index (χ0v) is 11.4. The number of nitrogens with zero attached hydrogens (tertiary/aromatic N) is 1. The summed E-state index contributed by atoms with van der Waals surface area (Å²) in [5.41, 5.74) is 6.64. The van der Waals surface area contributed by atoms with Crippen molar-refractivity contribution in [2.75, 3.05) is 26.2 Å². The monoisotopic (exact) mass is 264 g/mol. The summed E-state index contributed by atoms with van der Waals surface area (Å²) in [6.45, 7) is 4.22. The van der Waals surface area contributed by atoms with Crippen LogP contribution in [0.15, 0.2) is 24.3 Å². The Balaban J connectivity index is 1.73. The smallest absolute Gasteiger partial charge is 0.119 e. The molecule has 1 saturated heterocycles. The molecule has 0 spiro atoms. The molecule has 98 valence electrons. The Morgan fingerprint density at radius 3 is 2.50 bits per heavy atom. The van der Waals surface area contributed by atoms with E-state index in [2.05, 4.69) is 4.90 Å². The summed E-state index contributed by atoms with van der Waals surface area (Å²) in [7, 11) is 0. The number of hydrogen-bond donors (Lipinski definition) is 1. The molecule has 1 aliphatic heterocycles. The first-order valence-corrected chi connectivity index (χ1v) is 6.87. The van der Waals surface area contributed by atoms with Crippen LogP contribution in [0.3, 0.4) is 0 Å². The van der Waals surface area contributed by atoms with Crippen molar-refractivity contribution in [1.82, 2.24) is 4.90 Å². The molecule has 0 saturated carbocycles. The van der Waals surface area contributed by atoms with Gasteiger partial charge in [0.15, 0.2) is 0 Å². The van der Waals surface area contributed by atoms with Crippen molar-refractivity contribution >= 4 is 17.2 Å². The Hall–Kier alpha value is -1.13. The highest BCUT2D eigenvalue weighted by Crippen LogP contribution is 2.13. The quantitative estimate of drug-likeness (QED) is 0.798. The van der Waals surface area contributed by atoms with Gasteiger partial charge < -0.3 is 10.5 Å². The fraction of sp³-hybridized carbons (Fsp3) is 0.500. The number of likely N-dealkylation sites (tertiary alicyclic amines) is 1. The Morgan fingerprint density at radius 2 is 1.89 bits per heavy atom. The minimum Gasteiger partial charge on any atom is -0.492 e. The molecule has 2 rings (SSSR count). The maximum absolute atomic E-state index is 5.72. The largest absolute Gasteiger partial charge is 0.492 e. The molecule has 1 fully saturated rings. The molecule has 0 bridgehead atoms. The van der Waals surface area contributed by atoms with E-state index in [0.717, 1.165) is 24.5 Å². The first-order chi connectivity index (χ1) is 8.74. The molecule has 1 aliphatic rings. The van der Waals surface area contributed by atoms with Crippen LogP contribution in [0, 0.1) is 0 Å². The molecule has 0 atom stereocenters. The van der Waals surface area contributed by atoms with Gasteiger partial charge in [-0.05, 0) is 43.6 Å². The van der Waals surface area contributed by atoms with Gasteiger partial charge in [-0.3, -0.25) is 4.90 Å². The maximum atomic E-state index is 5.72. The molecule has 0 aliphatic carbocycles. The fourth-order valence-corrected chi connectivity index (χ4v) is 2.37. The normalized spacial score (nSPS) is 15.8. The molecule has 2 N–H and O–H groups in total. The molecule has 1 aromatic rings. The Bertz CT molecular complexity index is 385. The molecule has 0 amide bonds. The van der Waals surface area contributed by atoms with Gasteiger partial charge in [-0.1, -0.05) is 24.4 Å². The lowest BCUT2D eigenvalue weighted by molar-refractivity contribution is 0.238. The fourth-order valence-electron chi connectivity index (χ4n) is 2.20. The standard InChI is InChI=1S/C14H20N2OS/c15-14(18)11-12-3-5-13(6-4-12)17-10-9-16-7-1-2-8-16/h3-6H,1-2,7-11H2,(H2,15,18). The summed E-state index contributed by atoms with van der Waals surface area (Å²) in [6.07, 6.45) is 3.31. The third-order valence-electron chi connectivity index (χ3n) is 3.18. The van der Waals surface area contributed by atoms with Gasteiger partial charge in [0.05, 0.1) is 4.99 Å². The number of benzene rings is 1. The second kappa shape index (κ2) is 6.71. The van der Waals surface area contributed by atoms with E-state index in [4.69, 9.17) is 22.7 Å². The van der Waals surface area contributed by atoms with Crippen LogP contribution >= 0.6 is 12.2 Å². The first kappa shape index (κ1) is 13.3. The average Bonchev–Trinajstić information content (AvgIpc) is 2.84. The van der Waals surface area contributed by atoms with Gasteiger partial charge in [0.1, 0.15) is 12.4 Å². The van der Waals surface area contributed by atoms with Gasteiger partial charge >= 0.3 is 0 Å². The SMILES string of the molecule is NC(=S)Cc1ccc(OCCN2CCCC2)cc1. The molecule has 0 unspecified atom stereocenters. The second-order valence-electron chi connectivity index (χ2n) is 4.68. The molecular weight excluding hydrogens is 244 g/mol. The van der Waals surface area contributed by atoms with E-state index in [9.17, 15) is 0 Å². The van der Waals surface area contributed by atoms with Crippen molar-refractivity contribution in [2.45, 2.75) is 19.3 Å². The van der Waals surface area contributed by atoms with Crippen molar-refractivity contribution < 1.29 is 4.74 Å². The van der Waals surface area contributed by atoms with Crippen LogP contribution in [-0.4, -0.2) is 36.1 Å². The molecule has 4 heteroatoms. The van der Waals surface area contributed by atoms with Crippen molar-refractivity contribution in [1.29, 1.82) is 0 Å². The summed E-state index contributed by atoms with van der Waals surface area (Å²) in [4.78, 5) is 2.97. The molecule has 0 radical (unpaired) electrons. The average molecular weight is 264 g/mol. The lowest BCUT2D eigenvalue weighted by Crippen LogP contribution is -2.25. The van der Waals surface area contributed by atoms with E-state index in [-0.39, 0.29) is 0 Å². The van der Waals surface area contributed by atoms with Gasteiger partial charge in [-0.2, -0.15) is 0 Å². The van der Waals surface area contributed by atoms with Crippen molar-refractivity contribution in [3.05, 3.63) is 29.8 Å². The van der Waals surface area contributed by atoms with Crippen LogP contribution in [0.25, 0.3) is 0 Å². The van der Waals surface area contributed by atoms with Crippen LogP contribution < -0.4 is 10.5 Å². The lowest BCUT2D eigenvalue weighted by Gasteiger charge is -2.15. The number of hydrogen-bond acceptors (Lipinski definition) is 3. The highest BCUT2D eigenvalue weighted by molar-refractivity contribution is 7.80. The van der Waals surface area contributed by atoms with Crippen molar-refractivity contribution in [3.8, 4) is 5.75 Å². The zero-order chi connectivity index (χ0) is 12.8. The van der Waals surface area contributed by atoms with Crippen LogP contribution in [-0.2, 0) is 6.42 Å². The van der Waals surface area contributed by atoms with Crippen LogP contribution in [0.5, 0.6) is 5.75 Å². The van der Waals surface area contributed by atoms with E-state index in [0.29, 0.717) is 11.4 Å². The molecule has 18 heavy (non-hydrogen) atoms. The predicted molar refractivity (Wildman–Crippen MR) is 78.1 cm³/mol. The summed E-state index contributed by atoms with van der Waals surface area (Å²) in [5.74, 6) is 0.917. The predicted octanol–water partition coefficient (Wildman–Crippen LogP) is 1.99. The van der Waals surface area contributed by atoms with Crippen molar-refractivity contribution in [3.63, 3.8) is 0 Å². The van der Waals surface area contributed by atoms with Crippen LogP contribution in [0.2, 0.25) is 0 Å². The summed E-state index contributed by atoms with van der Waals surface area (Å²) >= 11 is 4.88. The number of thiocarbonyl (C=S) groups is 1. The summed E-state index contributed by atoms with van der Waals surface area (Å²) < 4.78 is 5.72. The molecule has 1 aromatic carbocycles. The van der Waals surface area contributed by atoms with E-state index in [1.807, 2.05) is 24.3 Å². The third kappa shape index (κ3) is 4.27. The summed E-state index contributed by atoms with van der Waals surface area (Å²) in [6, 6.07) is 8.00. The molecule has 3 nitrogen and oxygen atoms in total. The van der Waals surface area contributed by atoms with E-state index in [1.165, 1.54) is 25.9 Å². The van der Waals surface area contributed by atoms with Crippen LogP contribution in [0.1, 0.15) is 18.4 Å². The molecule has 0 aromatic heterocycles. The summed E-state index contributed by atoms with van der Waals surface area (Å²) in [5, 5.41) is 0. The highest BCUT2D eigenvalue weighted by Gasteiger charge is 2.10. The van der Waals surface area contributed by atoms with Gasteiger partial charge in [0, 0.05) is 13.0 Å². The van der Waals surface area contributed by atoms with E-state index in [1.54, 1.807) is 0 Å². The van der Waals surface area contributed by atoms with Gasteiger partial charge in [-0.25, -0.2) is 0 Å². The second-order valence-corrected chi connectivity index (χ2v) is 5.21. The Labute approximate surface area is 114 Å². The van der Waals surface area contributed by atoms with Gasteiger partial charge in [0.2, 0.25) is 0 Å². The Morgan fingerprint density at radius 1 is 1.22 bits per heavy atom. The van der Waals surface area contributed by atoms with Gasteiger partial charge in [0.25, 0.3) is 0 Å². The topological polar surface area (TPSA) is 38.5 Å². The lowest BCUT2D eigenvalue weighted by atomic mass is 10.1. The van der Waals surface area contributed by atoms with E-state index >= 15 is 0 Å². The van der Waals surface area contributed by atoms with Crippen LogP contribution in [0.4, 0.5) is 0 Å². The van der Waals surface area contributed by atoms with Gasteiger partial charge in [-0.15, -0.1) is 0 Å². The molecule has 1 heterocycles. The third-order valence-corrected chi connectivity index (χ3v) is 3.32.